The minimum Gasteiger partial charge on any atom is -0.457 e. The normalized spacial score (nSPS) is 10.3. The van der Waals surface area contributed by atoms with Crippen molar-refractivity contribution < 1.29 is 19.1 Å². The number of hydrogen-bond donors (Lipinski definition) is 0. The average molecular weight is 394 g/mol. The van der Waals surface area contributed by atoms with E-state index in [0.29, 0.717) is 23.0 Å². The van der Waals surface area contributed by atoms with Crippen LogP contribution in [0.2, 0.25) is 0 Å². The van der Waals surface area contributed by atoms with Gasteiger partial charge in [-0.2, -0.15) is 0 Å². The van der Waals surface area contributed by atoms with Crippen molar-refractivity contribution in [2.45, 2.75) is 0 Å². The van der Waals surface area contributed by atoms with Crippen LogP contribution in [0.1, 0.15) is 20.7 Å². The molecule has 0 unspecified atom stereocenters. The molecule has 0 atom stereocenters. The van der Waals surface area contributed by atoms with Crippen LogP contribution >= 0.6 is 0 Å². The van der Waals surface area contributed by atoms with Gasteiger partial charge in [0, 0.05) is 0 Å². The third kappa shape index (κ3) is 4.28. The monoisotopic (exact) mass is 394 g/mol. The fourth-order valence-corrected chi connectivity index (χ4v) is 2.96. The first-order chi connectivity index (χ1) is 14.7. The first-order valence-electron chi connectivity index (χ1n) is 9.45. The molecule has 4 aromatic rings. The van der Waals surface area contributed by atoms with Gasteiger partial charge in [0.05, 0.1) is 11.1 Å². The fourth-order valence-electron chi connectivity index (χ4n) is 2.96. The maximum absolute atomic E-state index is 13.1. The van der Waals surface area contributed by atoms with Gasteiger partial charge in [0.25, 0.3) is 0 Å². The summed E-state index contributed by atoms with van der Waals surface area (Å²) in [5.41, 5.74) is 0.390. The van der Waals surface area contributed by atoms with Crippen molar-refractivity contribution in [3.05, 3.63) is 120 Å². The van der Waals surface area contributed by atoms with E-state index in [1.807, 2.05) is 36.4 Å². The molecule has 0 amide bonds. The van der Waals surface area contributed by atoms with E-state index in [-0.39, 0.29) is 11.1 Å². The number of carbonyl (C=O) groups is 2. The van der Waals surface area contributed by atoms with Crippen LogP contribution in [0.4, 0.5) is 0 Å². The highest BCUT2D eigenvalue weighted by molar-refractivity contribution is 6.50. The number of rotatable bonds is 7. The van der Waals surface area contributed by atoms with Crippen molar-refractivity contribution in [2.75, 3.05) is 0 Å². The minimum absolute atomic E-state index is 0.195. The van der Waals surface area contributed by atoms with Crippen molar-refractivity contribution in [3.63, 3.8) is 0 Å². The zero-order valence-electron chi connectivity index (χ0n) is 16.0. The molecular weight excluding hydrogens is 376 g/mol. The van der Waals surface area contributed by atoms with E-state index in [0.717, 1.165) is 0 Å². The summed E-state index contributed by atoms with van der Waals surface area (Å²) in [4.78, 5) is 26.2. The summed E-state index contributed by atoms with van der Waals surface area (Å²) < 4.78 is 11.7. The topological polar surface area (TPSA) is 52.6 Å². The molecule has 0 spiro atoms. The largest absolute Gasteiger partial charge is 0.457 e. The van der Waals surface area contributed by atoms with E-state index in [9.17, 15) is 9.59 Å². The van der Waals surface area contributed by atoms with Gasteiger partial charge in [-0.3, -0.25) is 9.59 Å². The van der Waals surface area contributed by atoms with Crippen molar-refractivity contribution in [2.24, 2.45) is 0 Å². The quantitative estimate of drug-likeness (QED) is 0.271. The third-order valence-electron chi connectivity index (χ3n) is 4.41. The molecule has 4 heteroatoms. The number of carbonyl (C=O) groups excluding carboxylic acids is 2. The van der Waals surface area contributed by atoms with E-state index < -0.39 is 11.6 Å². The molecule has 4 nitrogen and oxygen atoms in total. The Kier molecular flexibility index (Phi) is 5.67. The molecule has 4 rings (SSSR count). The summed E-state index contributed by atoms with van der Waals surface area (Å²) in [5, 5.41) is 0. The zero-order chi connectivity index (χ0) is 20.8. The first kappa shape index (κ1) is 19.2. The summed E-state index contributed by atoms with van der Waals surface area (Å²) in [6.45, 7) is 0. The Morgan fingerprint density at radius 1 is 0.433 bits per heavy atom. The summed E-state index contributed by atoms with van der Waals surface area (Å²) in [6.07, 6.45) is 0. The molecule has 0 aliphatic rings. The highest BCUT2D eigenvalue weighted by Gasteiger charge is 2.25. The molecule has 0 heterocycles. The minimum atomic E-state index is -0.661. The number of para-hydroxylation sites is 4. The molecule has 0 aliphatic carbocycles. The van der Waals surface area contributed by atoms with Crippen LogP contribution < -0.4 is 9.47 Å². The second-order valence-electron chi connectivity index (χ2n) is 6.48. The molecule has 0 N–H and O–H groups in total. The lowest BCUT2D eigenvalue weighted by atomic mass is 10.00. The van der Waals surface area contributed by atoms with Crippen LogP contribution in [0.25, 0.3) is 0 Å². The highest BCUT2D eigenvalue weighted by atomic mass is 16.5. The molecule has 0 aliphatic heterocycles. The SMILES string of the molecule is O=C(C(=O)c1ccccc1Oc1ccccc1)c1ccccc1Oc1ccccc1. The maximum Gasteiger partial charge on any atom is 0.237 e. The summed E-state index contributed by atoms with van der Waals surface area (Å²) in [7, 11) is 0. The molecule has 0 saturated carbocycles. The molecule has 0 radical (unpaired) electrons. The molecule has 0 bridgehead atoms. The van der Waals surface area contributed by atoms with Crippen molar-refractivity contribution >= 4 is 11.6 Å². The van der Waals surface area contributed by atoms with E-state index >= 15 is 0 Å². The van der Waals surface area contributed by atoms with E-state index in [2.05, 4.69) is 0 Å². The zero-order valence-corrected chi connectivity index (χ0v) is 16.0. The summed E-state index contributed by atoms with van der Waals surface area (Å²) in [6, 6.07) is 31.6. The fraction of sp³-hybridized carbons (Fsp3) is 0. The van der Waals surface area contributed by atoms with Crippen LogP contribution in [0.3, 0.4) is 0 Å². The standard InChI is InChI=1S/C26H18O4/c27-25(21-15-7-9-17-23(21)29-19-11-3-1-4-12-19)26(28)22-16-8-10-18-24(22)30-20-13-5-2-6-14-20/h1-18H. The summed E-state index contributed by atoms with van der Waals surface area (Å²) in [5.74, 6) is 0.485. The van der Waals surface area contributed by atoms with Gasteiger partial charge in [-0.15, -0.1) is 0 Å². The highest BCUT2D eigenvalue weighted by Crippen LogP contribution is 2.29. The van der Waals surface area contributed by atoms with E-state index in [4.69, 9.17) is 9.47 Å². The molecular formula is C26H18O4. The summed E-state index contributed by atoms with van der Waals surface area (Å²) >= 11 is 0. The number of ketones is 2. The second-order valence-corrected chi connectivity index (χ2v) is 6.48. The predicted molar refractivity (Wildman–Crippen MR) is 115 cm³/mol. The number of hydrogen-bond acceptors (Lipinski definition) is 4. The molecule has 4 aromatic carbocycles. The van der Waals surface area contributed by atoms with Crippen LogP contribution in [0.5, 0.6) is 23.0 Å². The van der Waals surface area contributed by atoms with Gasteiger partial charge in [-0.25, -0.2) is 0 Å². The van der Waals surface area contributed by atoms with Gasteiger partial charge < -0.3 is 9.47 Å². The van der Waals surface area contributed by atoms with Gasteiger partial charge >= 0.3 is 0 Å². The lowest BCUT2D eigenvalue weighted by Gasteiger charge is -2.12. The smallest absolute Gasteiger partial charge is 0.237 e. The number of Topliss-reactive ketones (excluding diaryl/α,β-unsaturated/α-hetero) is 2. The van der Waals surface area contributed by atoms with Crippen LogP contribution in [-0.4, -0.2) is 11.6 Å². The lowest BCUT2D eigenvalue weighted by molar-refractivity contribution is 0.0814. The maximum atomic E-state index is 13.1. The van der Waals surface area contributed by atoms with E-state index in [1.54, 1.807) is 72.8 Å². The molecule has 0 fully saturated rings. The molecule has 146 valence electrons. The number of benzene rings is 4. The molecule has 0 saturated heterocycles. The van der Waals surface area contributed by atoms with E-state index in [1.165, 1.54) is 0 Å². The third-order valence-corrected chi connectivity index (χ3v) is 4.41. The Balaban J connectivity index is 1.63. The Bertz CT molecular complexity index is 1070. The van der Waals surface area contributed by atoms with Crippen molar-refractivity contribution in [1.82, 2.24) is 0 Å². The van der Waals surface area contributed by atoms with Crippen LogP contribution in [0.15, 0.2) is 109 Å². The average Bonchev–Trinajstić information content (AvgIpc) is 2.80. The van der Waals surface area contributed by atoms with Crippen molar-refractivity contribution in [1.29, 1.82) is 0 Å². The van der Waals surface area contributed by atoms with Gasteiger partial charge in [0.15, 0.2) is 0 Å². The number of ether oxygens (including phenoxy) is 2. The van der Waals surface area contributed by atoms with Gasteiger partial charge in [-0.05, 0) is 48.5 Å². The predicted octanol–water partition coefficient (Wildman–Crippen LogP) is 6.34. The van der Waals surface area contributed by atoms with Gasteiger partial charge in [0.2, 0.25) is 11.6 Å². The molecule has 30 heavy (non-hydrogen) atoms. The molecule has 0 aromatic heterocycles. The Labute approximate surface area is 174 Å². The first-order valence-corrected chi connectivity index (χ1v) is 9.45. The van der Waals surface area contributed by atoms with Gasteiger partial charge in [0.1, 0.15) is 23.0 Å². The van der Waals surface area contributed by atoms with Crippen LogP contribution in [0, 0.1) is 0 Å². The Hall–Kier alpha value is -4.18. The second kappa shape index (κ2) is 8.88. The van der Waals surface area contributed by atoms with Gasteiger partial charge in [-0.1, -0.05) is 60.7 Å². The Morgan fingerprint density at radius 2 is 0.767 bits per heavy atom. The van der Waals surface area contributed by atoms with Crippen LogP contribution in [-0.2, 0) is 0 Å². The van der Waals surface area contributed by atoms with Crippen molar-refractivity contribution in [3.8, 4) is 23.0 Å². The Morgan fingerprint density at radius 3 is 1.17 bits per heavy atom. The lowest BCUT2D eigenvalue weighted by Crippen LogP contribution is -2.16.